The average molecular weight is 361 g/mol. The van der Waals surface area contributed by atoms with Crippen molar-refractivity contribution >= 4 is 5.82 Å². The molecular formula is C22H27N5. The fourth-order valence-corrected chi connectivity index (χ4v) is 3.86. The van der Waals surface area contributed by atoms with Gasteiger partial charge < -0.3 is 9.88 Å². The van der Waals surface area contributed by atoms with Gasteiger partial charge in [-0.2, -0.15) is 0 Å². The Bertz CT molecular complexity index is 858. The van der Waals surface area contributed by atoms with Crippen LogP contribution in [-0.4, -0.2) is 32.5 Å². The molecule has 0 saturated carbocycles. The van der Waals surface area contributed by atoms with E-state index in [4.69, 9.17) is 4.98 Å². The summed E-state index contributed by atoms with van der Waals surface area (Å²) in [6.07, 6.45) is 5.16. The third kappa shape index (κ3) is 4.74. The summed E-state index contributed by atoms with van der Waals surface area (Å²) in [6, 6.07) is 16.7. The fourth-order valence-electron chi connectivity index (χ4n) is 3.86. The second-order valence-electron chi connectivity index (χ2n) is 7.39. The summed E-state index contributed by atoms with van der Waals surface area (Å²) >= 11 is 0. The van der Waals surface area contributed by atoms with E-state index in [0.717, 1.165) is 56.4 Å². The van der Waals surface area contributed by atoms with Crippen molar-refractivity contribution in [2.45, 2.75) is 33.0 Å². The number of hydrogen-bond acceptors (Lipinski definition) is 4. The van der Waals surface area contributed by atoms with Crippen LogP contribution in [0.5, 0.6) is 0 Å². The quantitative estimate of drug-likeness (QED) is 0.727. The van der Waals surface area contributed by atoms with Gasteiger partial charge in [-0.15, -0.1) is 0 Å². The molecule has 4 rings (SSSR count). The molecule has 3 aromatic heterocycles. The van der Waals surface area contributed by atoms with Gasteiger partial charge in [0.15, 0.2) is 0 Å². The molecular weight excluding hydrogens is 334 g/mol. The van der Waals surface area contributed by atoms with Crippen LogP contribution in [0.4, 0.5) is 5.82 Å². The van der Waals surface area contributed by atoms with Crippen molar-refractivity contribution in [3.05, 3.63) is 78.0 Å². The van der Waals surface area contributed by atoms with E-state index in [2.05, 4.69) is 63.2 Å². The number of nitrogens with zero attached hydrogens (tertiary/aromatic N) is 4. The lowest BCUT2D eigenvalue weighted by Crippen LogP contribution is -2.29. The zero-order valence-electron chi connectivity index (χ0n) is 15.9. The Kier molecular flexibility index (Phi) is 5.49. The summed E-state index contributed by atoms with van der Waals surface area (Å²) in [4.78, 5) is 11.6. The topological polar surface area (TPSA) is 46.0 Å². The highest BCUT2D eigenvalue weighted by Gasteiger charge is 2.21. The molecule has 5 heteroatoms. The molecule has 0 spiro atoms. The van der Waals surface area contributed by atoms with Crippen LogP contribution in [0.3, 0.4) is 0 Å². The number of aryl methyl sites for hydroxylation is 1. The van der Waals surface area contributed by atoms with Gasteiger partial charge in [-0.1, -0.05) is 12.1 Å². The number of fused-ring (bicyclic) bond motifs is 1. The monoisotopic (exact) mass is 361 g/mol. The largest absolute Gasteiger partial charge is 0.370 e. The fraction of sp³-hybridized carbons (Fsp3) is 0.364. The maximum atomic E-state index is 4.70. The molecule has 0 aromatic carbocycles. The lowest BCUT2D eigenvalue weighted by molar-refractivity contribution is 0.215. The minimum absolute atomic E-state index is 0.597. The van der Waals surface area contributed by atoms with Gasteiger partial charge in [0.25, 0.3) is 0 Å². The SMILES string of the molecule is Cc1cccc(CN2Cc3cccn3CC(CCNc3ccccn3)C2)n1. The zero-order chi connectivity index (χ0) is 18.5. The number of nitrogens with one attached hydrogen (secondary N) is 1. The van der Waals surface area contributed by atoms with E-state index in [-0.39, 0.29) is 0 Å². The van der Waals surface area contributed by atoms with Crippen LogP contribution in [0.25, 0.3) is 0 Å². The number of pyridine rings is 2. The van der Waals surface area contributed by atoms with Gasteiger partial charge in [0.1, 0.15) is 5.82 Å². The molecule has 1 aliphatic heterocycles. The van der Waals surface area contributed by atoms with Gasteiger partial charge in [0.2, 0.25) is 0 Å². The van der Waals surface area contributed by atoms with Gasteiger partial charge >= 0.3 is 0 Å². The predicted octanol–water partition coefficient (Wildman–Crippen LogP) is 3.72. The Labute approximate surface area is 161 Å². The minimum Gasteiger partial charge on any atom is -0.370 e. The Morgan fingerprint density at radius 3 is 2.89 bits per heavy atom. The van der Waals surface area contributed by atoms with E-state index >= 15 is 0 Å². The molecule has 0 amide bonds. The molecule has 1 aliphatic rings. The third-order valence-electron chi connectivity index (χ3n) is 5.14. The minimum atomic E-state index is 0.597. The van der Waals surface area contributed by atoms with E-state index in [9.17, 15) is 0 Å². The summed E-state index contributed by atoms with van der Waals surface area (Å²) < 4.78 is 2.41. The second kappa shape index (κ2) is 8.35. The van der Waals surface area contributed by atoms with Crippen molar-refractivity contribution in [2.24, 2.45) is 5.92 Å². The van der Waals surface area contributed by atoms with E-state index in [1.165, 1.54) is 5.69 Å². The van der Waals surface area contributed by atoms with Gasteiger partial charge in [-0.25, -0.2) is 4.98 Å². The Balaban J connectivity index is 1.42. The first-order valence-electron chi connectivity index (χ1n) is 9.70. The van der Waals surface area contributed by atoms with Gasteiger partial charge in [0.05, 0.1) is 5.69 Å². The summed E-state index contributed by atoms with van der Waals surface area (Å²) in [5.74, 6) is 1.55. The molecule has 0 saturated heterocycles. The molecule has 1 atom stereocenters. The van der Waals surface area contributed by atoms with Crippen LogP contribution in [-0.2, 0) is 19.6 Å². The van der Waals surface area contributed by atoms with Crippen LogP contribution in [0, 0.1) is 12.8 Å². The lowest BCUT2D eigenvalue weighted by Gasteiger charge is -2.24. The summed E-state index contributed by atoms with van der Waals surface area (Å²) in [6.45, 7) is 7.03. The van der Waals surface area contributed by atoms with Crippen LogP contribution >= 0.6 is 0 Å². The average Bonchev–Trinajstić information content (AvgIpc) is 3.02. The summed E-state index contributed by atoms with van der Waals surface area (Å²) in [5.41, 5.74) is 3.63. The van der Waals surface area contributed by atoms with Crippen LogP contribution in [0.15, 0.2) is 60.9 Å². The molecule has 27 heavy (non-hydrogen) atoms. The highest BCUT2D eigenvalue weighted by Crippen LogP contribution is 2.21. The molecule has 0 fully saturated rings. The number of aromatic nitrogens is 3. The predicted molar refractivity (Wildman–Crippen MR) is 108 cm³/mol. The van der Waals surface area contributed by atoms with Crippen molar-refractivity contribution in [1.29, 1.82) is 0 Å². The second-order valence-corrected chi connectivity index (χ2v) is 7.39. The number of rotatable bonds is 6. The smallest absolute Gasteiger partial charge is 0.125 e. The molecule has 1 N–H and O–H groups in total. The molecule has 5 nitrogen and oxygen atoms in total. The van der Waals surface area contributed by atoms with Crippen LogP contribution in [0.2, 0.25) is 0 Å². The first-order chi connectivity index (χ1) is 13.3. The highest BCUT2D eigenvalue weighted by atomic mass is 15.2. The van der Waals surface area contributed by atoms with Crippen molar-refractivity contribution < 1.29 is 0 Å². The normalized spacial score (nSPS) is 17.3. The molecule has 0 bridgehead atoms. The Morgan fingerprint density at radius 2 is 2.04 bits per heavy atom. The maximum Gasteiger partial charge on any atom is 0.125 e. The van der Waals surface area contributed by atoms with Crippen molar-refractivity contribution in [3.63, 3.8) is 0 Å². The van der Waals surface area contributed by atoms with E-state index in [0.29, 0.717) is 5.92 Å². The molecule has 0 radical (unpaired) electrons. The summed E-state index contributed by atoms with van der Waals surface area (Å²) in [5, 5.41) is 3.45. The molecule has 3 aromatic rings. The van der Waals surface area contributed by atoms with E-state index in [1.54, 1.807) is 0 Å². The summed E-state index contributed by atoms with van der Waals surface area (Å²) in [7, 11) is 0. The molecule has 140 valence electrons. The van der Waals surface area contributed by atoms with E-state index < -0.39 is 0 Å². The van der Waals surface area contributed by atoms with Crippen molar-refractivity contribution in [1.82, 2.24) is 19.4 Å². The van der Waals surface area contributed by atoms with Crippen molar-refractivity contribution in [3.8, 4) is 0 Å². The van der Waals surface area contributed by atoms with Gasteiger partial charge in [-0.3, -0.25) is 9.88 Å². The number of hydrogen-bond donors (Lipinski definition) is 1. The zero-order valence-corrected chi connectivity index (χ0v) is 15.9. The maximum absolute atomic E-state index is 4.70. The van der Waals surface area contributed by atoms with Crippen LogP contribution in [0.1, 0.15) is 23.5 Å². The third-order valence-corrected chi connectivity index (χ3v) is 5.14. The Hall–Kier alpha value is -2.66. The standard InChI is InChI=1S/C22H27N5/c1-18-6-4-7-20(25-18)16-26-14-19(15-27-13-5-8-21(27)17-26)10-12-24-22-9-2-3-11-23-22/h2-9,11,13,19H,10,12,14-17H2,1H3,(H,23,24). The molecule has 0 aliphatic carbocycles. The molecule has 1 unspecified atom stereocenters. The Morgan fingerprint density at radius 1 is 1.07 bits per heavy atom. The van der Waals surface area contributed by atoms with Crippen molar-refractivity contribution in [2.75, 3.05) is 18.4 Å². The first-order valence-corrected chi connectivity index (χ1v) is 9.70. The first kappa shape index (κ1) is 17.7. The van der Waals surface area contributed by atoms with Crippen LogP contribution < -0.4 is 5.32 Å². The van der Waals surface area contributed by atoms with E-state index in [1.807, 2.05) is 24.4 Å². The van der Waals surface area contributed by atoms with Gasteiger partial charge in [-0.05, 0) is 55.7 Å². The lowest BCUT2D eigenvalue weighted by atomic mass is 10.0. The van der Waals surface area contributed by atoms with Gasteiger partial charge in [0, 0.05) is 56.5 Å². The molecule has 4 heterocycles. The highest BCUT2D eigenvalue weighted by molar-refractivity contribution is 5.32. The number of anilines is 1.